The third kappa shape index (κ3) is 4.48. The van der Waals surface area contributed by atoms with Crippen molar-refractivity contribution in [3.63, 3.8) is 0 Å². The minimum Gasteiger partial charge on any atom is -0.508 e. The van der Waals surface area contributed by atoms with E-state index in [1.54, 1.807) is 29.2 Å². The van der Waals surface area contributed by atoms with Gasteiger partial charge in [0, 0.05) is 18.5 Å². The number of H-pyrrole nitrogens is 1. The largest absolute Gasteiger partial charge is 0.508 e. The van der Waals surface area contributed by atoms with E-state index in [9.17, 15) is 27.9 Å². The number of benzene rings is 1. The topological polar surface area (TPSA) is 112 Å². The van der Waals surface area contributed by atoms with Crippen LogP contribution in [0.25, 0.3) is 5.65 Å². The van der Waals surface area contributed by atoms with Crippen molar-refractivity contribution in [1.29, 1.82) is 0 Å². The van der Waals surface area contributed by atoms with Gasteiger partial charge in [-0.2, -0.15) is 22.8 Å². The number of aromatic nitrogens is 4. The molecule has 0 aliphatic rings. The summed E-state index contributed by atoms with van der Waals surface area (Å²) in [7, 11) is 0. The summed E-state index contributed by atoms with van der Waals surface area (Å²) in [6, 6.07) is 6.57. The molecule has 11 heteroatoms. The third-order valence-corrected chi connectivity index (χ3v) is 4.01. The second-order valence-corrected chi connectivity index (χ2v) is 6.06. The Morgan fingerprint density at radius 2 is 1.93 bits per heavy atom. The number of nitrogens with zero attached hydrogens (tertiary/aromatic N) is 3. The Balaban J connectivity index is 1.60. The van der Waals surface area contributed by atoms with Crippen molar-refractivity contribution in [3.8, 4) is 5.75 Å². The standard InChI is InChI=1S/C17H16F3N5O3/c18-17(19,20)15-23-14-11(9-22-25(14)16(28)24-15)3-6-13(27)21-8-7-10-1-4-12(26)5-2-10/h1-2,4-5,9,26H,3,6-8H2,(H,21,27)(H,23,24,28). The van der Waals surface area contributed by atoms with E-state index in [0.717, 1.165) is 10.1 Å². The Hall–Kier alpha value is -3.37. The summed E-state index contributed by atoms with van der Waals surface area (Å²) in [6.07, 6.45) is -2.92. The number of amides is 1. The van der Waals surface area contributed by atoms with Crippen molar-refractivity contribution in [1.82, 2.24) is 24.9 Å². The van der Waals surface area contributed by atoms with Gasteiger partial charge in [0.1, 0.15) is 5.75 Å². The number of phenolic OH excluding ortho intramolecular Hbond substituents is 1. The fraction of sp³-hybridized carbons (Fsp3) is 0.294. The molecule has 3 rings (SSSR count). The number of halogens is 3. The summed E-state index contributed by atoms with van der Waals surface area (Å²) in [4.78, 5) is 28.7. The van der Waals surface area contributed by atoms with Crippen LogP contribution in [0, 0.1) is 0 Å². The molecule has 0 fully saturated rings. The van der Waals surface area contributed by atoms with Crippen molar-refractivity contribution in [2.45, 2.75) is 25.4 Å². The number of aromatic hydroxyl groups is 1. The van der Waals surface area contributed by atoms with Crippen LogP contribution in [0.2, 0.25) is 0 Å². The van der Waals surface area contributed by atoms with Crippen LogP contribution >= 0.6 is 0 Å². The number of aromatic amines is 1. The molecular weight excluding hydrogens is 379 g/mol. The van der Waals surface area contributed by atoms with E-state index >= 15 is 0 Å². The zero-order valence-corrected chi connectivity index (χ0v) is 14.5. The number of carbonyl (C=O) groups is 1. The number of hydrogen-bond donors (Lipinski definition) is 3. The molecule has 1 amide bonds. The molecule has 2 aromatic heterocycles. The molecule has 0 saturated carbocycles. The number of carbonyl (C=O) groups excluding carboxylic acids is 1. The summed E-state index contributed by atoms with van der Waals surface area (Å²) >= 11 is 0. The van der Waals surface area contributed by atoms with Crippen LogP contribution in [-0.2, 0) is 23.8 Å². The van der Waals surface area contributed by atoms with Gasteiger partial charge in [0.2, 0.25) is 11.7 Å². The van der Waals surface area contributed by atoms with E-state index in [-0.39, 0.29) is 35.7 Å². The van der Waals surface area contributed by atoms with Gasteiger partial charge in [0.05, 0.1) is 6.20 Å². The number of hydrogen-bond acceptors (Lipinski definition) is 5. The second-order valence-electron chi connectivity index (χ2n) is 6.06. The van der Waals surface area contributed by atoms with Crippen LogP contribution in [0.5, 0.6) is 5.75 Å². The van der Waals surface area contributed by atoms with Crippen LogP contribution < -0.4 is 11.0 Å². The number of alkyl halides is 3. The molecule has 3 N–H and O–H groups in total. The minimum atomic E-state index is -4.80. The van der Waals surface area contributed by atoms with Gasteiger partial charge in [-0.1, -0.05) is 12.1 Å². The molecular formula is C17H16F3N5O3. The molecule has 2 heterocycles. The monoisotopic (exact) mass is 395 g/mol. The van der Waals surface area contributed by atoms with E-state index < -0.39 is 17.7 Å². The van der Waals surface area contributed by atoms with Gasteiger partial charge in [-0.05, 0) is 30.5 Å². The van der Waals surface area contributed by atoms with Crippen molar-refractivity contribution in [2.24, 2.45) is 0 Å². The van der Waals surface area contributed by atoms with E-state index in [0.29, 0.717) is 13.0 Å². The normalized spacial score (nSPS) is 11.7. The average molecular weight is 395 g/mol. The minimum absolute atomic E-state index is 0.00671. The van der Waals surface area contributed by atoms with E-state index in [4.69, 9.17) is 0 Å². The van der Waals surface area contributed by atoms with Crippen LogP contribution in [0.4, 0.5) is 13.2 Å². The molecule has 28 heavy (non-hydrogen) atoms. The first-order valence-electron chi connectivity index (χ1n) is 8.33. The predicted molar refractivity (Wildman–Crippen MR) is 91.8 cm³/mol. The lowest BCUT2D eigenvalue weighted by Gasteiger charge is -2.06. The maximum absolute atomic E-state index is 12.8. The van der Waals surface area contributed by atoms with Gasteiger partial charge in [-0.3, -0.25) is 9.78 Å². The van der Waals surface area contributed by atoms with Crippen molar-refractivity contribution >= 4 is 11.6 Å². The molecule has 0 bridgehead atoms. The fourth-order valence-corrected chi connectivity index (χ4v) is 2.59. The highest BCUT2D eigenvalue weighted by molar-refractivity contribution is 5.76. The Kier molecular flexibility index (Phi) is 5.34. The Labute approximate surface area is 156 Å². The summed E-state index contributed by atoms with van der Waals surface area (Å²) in [5.74, 6) is -1.55. The molecule has 8 nitrogen and oxygen atoms in total. The molecule has 0 radical (unpaired) electrons. The number of rotatable bonds is 6. The molecule has 0 atom stereocenters. The molecule has 0 saturated heterocycles. The summed E-state index contributed by atoms with van der Waals surface area (Å²) in [6.45, 7) is 0.370. The van der Waals surface area contributed by atoms with Crippen molar-refractivity contribution < 1.29 is 23.1 Å². The maximum Gasteiger partial charge on any atom is 0.449 e. The lowest BCUT2D eigenvalue weighted by Crippen LogP contribution is -2.26. The summed E-state index contributed by atoms with van der Waals surface area (Å²) < 4.78 is 39.2. The predicted octanol–water partition coefficient (Wildman–Crippen LogP) is 1.43. The number of fused-ring (bicyclic) bond motifs is 1. The molecule has 0 spiro atoms. The molecule has 148 valence electrons. The average Bonchev–Trinajstić information content (AvgIpc) is 3.04. The maximum atomic E-state index is 12.8. The van der Waals surface area contributed by atoms with E-state index in [1.807, 2.05) is 0 Å². The lowest BCUT2D eigenvalue weighted by molar-refractivity contribution is -0.145. The fourth-order valence-electron chi connectivity index (χ4n) is 2.59. The van der Waals surface area contributed by atoms with Crippen molar-refractivity contribution in [3.05, 3.63) is 57.9 Å². The van der Waals surface area contributed by atoms with Gasteiger partial charge < -0.3 is 10.4 Å². The summed E-state index contributed by atoms with van der Waals surface area (Å²) in [5, 5.41) is 15.6. The smallest absolute Gasteiger partial charge is 0.449 e. The van der Waals surface area contributed by atoms with Gasteiger partial charge >= 0.3 is 11.9 Å². The van der Waals surface area contributed by atoms with Crippen LogP contribution in [0.1, 0.15) is 23.4 Å². The van der Waals surface area contributed by atoms with Crippen molar-refractivity contribution in [2.75, 3.05) is 6.54 Å². The summed E-state index contributed by atoms with van der Waals surface area (Å²) in [5.41, 5.74) is -0.0796. The molecule has 1 aromatic carbocycles. The number of phenols is 1. The first-order valence-corrected chi connectivity index (χ1v) is 8.33. The first-order chi connectivity index (χ1) is 13.2. The van der Waals surface area contributed by atoms with Gasteiger partial charge in [0.25, 0.3) is 0 Å². The quantitative estimate of drug-likeness (QED) is 0.585. The van der Waals surface area contributed by atoms with Crippen LogP contribution in [0.3, 0.4) is 0 Å². The molecule has 0 unspecified atom stereocenters. The lowest BCUT2D eigenvalue weighted by atomic mass is 10.1. The van der Waals surface area contributed by atoms with Gasteiger partial charge in [0.15, 0.2) is 5.65 Å². The van der Waals surface area contributed by atoms with Crippen LogP contribution in [-0.4, -0.2) is 37.1 Å². The van der Waals surface area contributed by atoms with E-state index in [1.165, 1.54) is 6.20 Å². The number of aryl methyl sites for hydroxylation is 1. The highest BCUT2D eigenvalue weighted by atomic mass is 19.4. The SMILES string of the molecule is O=C(CCc1cnn2c(=O)[nH]c(C(F)(F)F)nc12)NCCc1ccc(O)cc1. The number of nitrogens with one attached hydrogen (secondary N) is 2. The zero-order valence-electron chi connectivity index (χ0n) is 14.5. The Morgan fingerprint density at radius 3 is 2.61 bits per heavy atom. The first kappa shape index (κ1) is 19.4. The zero-order chi connectivity index (χ0) is 20.3. The van der Waals surface area contributed by atoms with Gasteiger partial charge in [-0.25, -0.2) is 9.78 Å². The molecule has 0 aliphatic heterocycles. The highest BCUT2D eigenvalue weighted by Crippen LogP contribution is 2.25. The Bertz CT molecular complexity index is 1040. The Morgan fingerprint density at radius 1 is 1.21 bits per heavy atom. The molecule has 0 aliphatic carbocycles. The van der Waals surface area contributed by atoms with Crippen LogP contribution in [0.15, 0.2) is 35.3 Å². The molecule has 3 aromatic rings. The second kappa shape index (κ2) is 7.71. The highest BCUT2D eigenvalue weighted by Gasteiger charge is 2.35. The van der Waals surface area contributed by atoms with E-state index in [2.05, 4.69) is 15.4 Å². The van der Waals surface area contributed by atoms with Gasteiger partial charge in [-0.15, -0.1) is 0 Å². The third-order valence-electron chi connectivity index (χ3n) is 4.01.